The fourth-order valence-corrected chi connectivity index (χ4v) is 0.686. The summed E-state index contributed by atoms with van der Waals surface area (Å²) in [5.41, 5.74) is 5.36. The molecule has 0 aliphatic carbocycles. The van der Waals surface area contributed by atoms with Gasteiger partial charge in [0.1, 0.15) is 4.60 Å². The van der Waals surface area contributed by atoms with Crippen LogP contribution >= 0.6 is 28.3 Å². The van der Waals surface area contributed by atoms with Crippen LogP contribution in [-0.4, -0.2) is 9.55 Å². The van der Waals surface area contributed by atoms with Gasteiger partial charge in [0.15, 0.2) is 0 Å². The Morgan fingerprint density at radius 1 is 1.78 bits per heavy atom. The molecule has 0 fully saturated rings. The van der Waals surface area contributed by atoms with E-state index in [1.165, 1.54) is 0 Å². The van der Waals surface area contributed by atoms with Gasteiger partial charge in [-0.2, -0.15) is 0 Å². The van der Waals surface area contributed by atoms with Gasteiger partial charge in [-0.25, -0.2) is 4.98 Å². The maximum atomic E-state index is 5.36. The van der Waals surface area contributed by atoms with Gasteiger partial charge in [0.05, 0.1) is 6.20 Å². The Kier molecular flexibility index (Phi) is 3.00. The van der Waals surface area contributed by atoms with E-state index in [1.807, 2.05) is 7.05 Å². The predicted molar refractivity (Wildman–Crippen MR) is 42.6 cm³/mol. The smallest absolute Gasteiger partial charge is 0.200 e. The van der Waals surface area contributed by atoms with Crippen molar-refractivity contribution in [3.8, 4) is 0 Å². The summed E-state index contributed by atoms with van der Waals surface area (Å²) in [6, 6.07) is 0. The maximum Gasteiger partial charge on any atom is 0.200 e. The molecular formula is C4H7BrClN3. The van der Waals surface area contributed by atoms with Gasteiger partial charge in [-0.3, -0.25) is 0 Å². The number of rotatable bonds is 0. The average molecular weight is 212 g/mol. The van der Waals surface area contributed by atoms with E-state index < -0.39 is 0 Å². The number of hydrogen-bond donors (Lipinski definition) is 1. The van der Waals surface area contributed by atoms with Crippen molar-refractivity contribution in [2.75, 3.05) is 5.73 Å². The standard InChI is InChI=1S/C4H6BrN3.ClH/c1-8-3(5)2-7-4(8)6;/h2H,1H3,(H2,6,7);1H. The molecule has 5 heteroatoms. The molecule has 52 valence electrons. The van der Waals surface area contributed by atoms with Gasteiger partial charge in [-0.15, -0.1) is 12.4 Å². The lowest BCUT2D eigenvalue weighted by Gasteiger charge is -1.91. The van der Waals surface area contributed by atoms with E-state index in [2.05, 4.69) is 20.9 Å². The van der Waals surface area contributed by atoms with Gasteiger partial charge >= 0.3 is 0 Å². The van der Waals surface area contributed by atoms with Crippen LogP contribution in [0.25, 0.3) is 0 Å². The van der Waals surface area contributed by atoms with E-state index >= 15 is 0 Å². The minimum Gasteiger partial charge on any atom is -0.369 e. The first-order valence-electron chi connectivity index (χ1n) is 2.14. The molecule has 2 N–H and O–H groups in total. The van der Waals surface area contributed by atoms with Crippen molar-refractivity contribution in [3.05, 3.63) is 10.8 Å². The Morgan fingerprint density at radius 2 is 2.33 bits per heavy atom. The fourth-order valence-electron chi connectivity index (χ4n) is 0.402. The third-order valence-electron chi connectivity index (χ3n) is 0.967. The number of anilines is 1. The monoisotopic (exact) mass is 211 g/mol. The molecule has 0 atom stereocenters. The molecular weight excluding hydrogens is 205 g/mol. The molecule has 9 heavy (non-hydrogen) atoms. The Morgan fingerprint density at radius 3 is 2.44 bits per heavy atom. The highest BCUT2D eigenvalue weighted by Crippen LogP contribution is 2.09. The van der Waals surface area contributed by atoms with E-state index in [0.717, 1.165) is 4.60 Å². The molecule has 1 rings (SSSR count). The number of nitrogen functional groups attached to an aromatic ring is 1. The van der Waals surface area contributed by atoms with Gasteiger partial charge in [0.2, 0.25) is 5.95 Å². The third-order valence-corrected chi connectivity index (χ3v) is 1.70. The molecule has 0 unspecified atom stereocenters. The van der Waals surface area contributed by atoms with Crippen molar-refractivity contribution in [2.24, 2.45) is 7.05 Å². The third kappa shape index (κ3) is 1.59. The summed E-state index contributed by atoms with van der Waals surface area (Å²) < 4.78 is 2.65. The number of hydrogen-bond acceptors (Lipinski definition) is 2. The van der Waals surface area contributed by atoms with E-state index in [-0.39, 0.29) is 12.4 Å². The van der Waals surface area contributed by atoms with Crippen molar-refractivity contribution in [3.63, 3.8) is 0 Å². The summed E-state index contributed by atoms with van der Waals surface area (Å²) in [5.74, 6) is 0.525. The van der Waals surface area contributed by atoms with Gasteiger partial charge in [-0.05, 0) is 15.9 Å². The Hall–Kier alpha value is -0.220. The molecule has 1 heterocycles. The lowest BCUT2D eigenvalue weighted by molar-refractivity contribution is 0.907. The van der Waals surface area contributed by atoms with Crippen molar-refractivity contribution < 1.29 is 0 Å². The van der Waals surface area contributed by atoms with E-state index in [0.29, 0.717) is 5.95 Å². The molecule has 0 saturated heterocycles. The SMILES string of the molecule is Cl.Cn1c(Br)cnc1N. The minimum absolute atomic E-state index is 0. The van der Waals surface area contributed by atoms with Crippen LogP contribution in [0.3, 0.4) is 0 Å². The number of aromatic nitrogens is 2. The number of nitrogens with zero attached hydrogens (tertiary/aromatic N) is 2. The van der Waals surface area contributed by atoms with Crippen LogP contribution in [0.2, 0.25) is 0 Å². The van der Waals surface area contributed by atoms with E-state index in [4.69, 9.17) is 5.73 Å². The Bertz CT molecular complexity index is 178. The van der Waals surface area contributed by atoms with Crippen molar-refractivity contribution in [1.82, 2.24) is 9.55 Å². The molecule has 0 aliphatic heterocycles. The lowest BCUT2D eigenvalue weighted by atomic mass is 10.9. The van der Waals surface area contributed by atoms with Crippen LogP contribution in [0.1, 0.15) is 0 Å². The summed E-state index contributed by atoms with van der Waals surface area (Å²) in [7, 11) is 1.84. The van der Waals surface area contributed by atoms with Crippen LogP contribution in [-0.2, 0) is 7.05 Å². The molecule has 3 nitrogen and oxygen atoms in total. The minimum atomic E-state index is 0. The summed E-state index contributed by atoms with van der Waals surface area (Å²) >= 11 is 3.24. The molecule has 0 radical (unpaired) electrons. The molecule has 0 amide bonds. The number of nitrogens with two attached hydrogens (primary N) is 1. The molecule has 1 aromatic rings. The van der Waals surface area contributed by atoms with Crippen molar-refractivity contribution in [1.29, 1.82) is 0 Å². The fraction of sp³-hybridized carbons (Fsp3) is 0.250. The van der Waals surface area contributed by atoms with Crippen LogP contribution in [0.4, 0.5) is 5.95 Å². The highest BCUT2D eigenvalue weighted by molar-refractivity contribution is 9.10. The zero-order chi connectivity index (χ0) is 6.15. The second-order valence-corrected chi connectivity index (χ2v) is 2.31. The maximum absolute atomic E-state index is 5.36. The first kappa shape index (κ1) is 8.78. The second-order valence-electron chi connectivity index (χ2n) is 1.50. The summed E-state index contributed by atoms with van der Waals surface area (Å²) in [4.78, 5) is 3.81. The van der Waals surface area contributed by atoms with Crippen LogP contribution in [0.5, 0.6) is 0 Å². The van der Waals surface area contributed by atoms with E-state index in [1.54, 1.807) is 10.8 Å². The quantitative estimate of drug-likeness (QED) is 0.702. The van der Waals surface area contributed by atoms with Crippen molar-refractivity contribution >= 4 is 34.3 Å². The molecule has 0 aliphatic rings. The normalized spacial score (nSPS) is 8.67. The van der Waals surface area contributed by atoms with Crippen molar-refractivity contribution in [2.45, 2.75) is 0 Å². The van der Waals surface area contributed by atoms with Gasteiger partial charge in [0, 0.05) is 7.05 Å². The van der Waals surface area contributed by atoms with Crippen LogP contribution in [0, 0.1) is 0 Å². The second kappa shape index (κ2) is 3.08. The highest BCUT2D eigenvalue weighted by Gasteiger charge is 1.95. The zero-order valence-electron chi connectivity index (χ0n) is 4.84. The largest absolute Gasteiger partial charge is 0.369 e. The first-order valence-corrected chi connectivity index (χ1v) is 2.94. The summed E-state index contributed by atoms with van der Waals surface area (Å²) in [6.45, 7) is 0. The number of halogens is 2. The molecule has 0 aromatic carbocycles. The topological polar surface area (TPSA) is 43.8 Å². The molecule has 0 bridgehead atoms. The molecule has 1 aromatic heterocycles. The lowest BCUT2D eigenvalue weighted by Crippen LogP contribution is -1.96. The van der Waals surface area contributed by atoms with E-state index in [9.17, 15) is 0 Å². The summed E-state index contributed by atoms with van der Waals surface area (Å²) in [5, 5.41) is 0. The van der Waals surface area contributed by atoms with Crippen LogP contribution < -0.4 is 5.73 Å². The predicted octanol–water partition coefficient (Wildman–Crippen LogP) is 1.19. The first-order chi connectivity index (χ1) is 3.72. The Balaban J connectivity index is 0.000000640. The molecule has 0 saturated carbocycles. The summed E-state index contributed by atoms with van der Waals surface area (Å²) in [6.07, 6.45) is 1.66. The van der Waals surface area contributed by atoms with Gasteiger partial charge in [0.25, 0.3) is 0 Å². The number of imidazole rings is 1. The highest BCUT2D eigenvalue weighted by atomic mass is 79.9. The van der Waals surface area contributed by atoms with Gasteiger partial charge < -0.3 is 10.3 Å². The average Bonchev–Trinajstić information content (AvgIpc) is 1.98. The molecule has 0 spiro atoms. The zero-order valence-corrected chi connectivity index (χ0v) is 7.24. The Labute approximate surface area is 67.8 Å². The van der Waals surface area contributed by atoms with Crippen LogP contribution in [0.15, 0.2) is 10.8 Å². The van der Waals surface area contributed by atoms with Gasteiger partial charge in [-0.1, -0.05) is 0 Å².